The summed E-state index contributed by atoms with van der Waals surface area (Å²) in [6, 6.07) is 14.8. The highest BCUT2D eigenvalue weighted by Crippen LogP contribution is 2.30. The Morgan fingerprint density at radius 2 is 1.71 bits per heavy atom. The molecule has 1 atom stereocenters. The van der Waals surface area contributed by atoms with E-state index in [1.54, 1.807) is 12.1 Å². The third-order valence-electron chi connectivity index (χ3n) is 6.72. The summed E-state index contributed by atoms with van der Waals surface area (Å²) in [6.45, 7) is 1.80. The molecule has 1 aliphatic heterocycles. The number of hydrogen-bond acceptors (Lipinski definition) is 5. The van der Waals surface area contributed by atoms with E-state index >= 15 is 0 Å². The summed E-state index contributed by atoms with van der Waals surface area (Å²) in [7, 11) is -4.00. The first-order valence-corrected chi connectivity index (χ1v) is 13.6. The smallest absolute Gasteiger partial charge is 0.269 e. The van der Waals surface area contributed by atoms with Crippen molar-refractivity contribution in [1.82, 2.24) is 14.5 Å². The number of nitrogens with zero attached hydrogens (tertiary/aromatic N) is 2. The molecule has 0 bridgehead atoms. The van der Waals surface area contributed by atoms with Crippen LogP contribution in [-0.2, 0) is 26.2 Å². The minimum atomic E-state index is -4.00. The predicted octanol–water partition coefficient (Wildman–Crippen LogP) is 3.09. The third-order valence-corrected chi connectivity index (χ3v) is 8.56. The van der Waals surface area contributed by atoms with E-state index in [1.807, 2.05) is 37.3 Å². The fraction of sp³-hybridized carbons (Fsp3) is 0.423. The average molecular weight is 498 g/mol. The lowest BCUT2D eigenvalue weighted by Crippen LogP contribution is -2.51. The summed E-state index contributed by atoms with van der Waals surface area (Å²) in [4.78, 5) is 40.8. The molecule has 2 aliphatic rings. The van der Waals surface area contributed by atoms with Gasteiger partial charge in [-0.1, -0.05) is 62.2 Å². The molecule has 35 heavy (non-hydrogen) atoms. The minimum Gasteiger partial charge on any atom is -0.352 e. The van der Waals surface area contributed by atoms with Crippen LogP contribution in [0.3, 0.4) is 0 Å². The molecule has 1 heterocycles. The first-order valence-electron chi connectivity index (χ1n) is 12.1. The van der Waals surface area contributed by atoms with Gasteiger partial charge in [-0.15, -0.1) is 0 Å². The Kier molecular flexibility index (Phi) is 7.54. The molecular weight excluding hydrogens is 466 g/mol. The highest BCUT2D eigenvalue weighted by atomic mass is 32.2. The number of benzene rings is 2. The molecule has 4 rings (SSSR count). The Bertz CT molecular complexity index is 1190. The zero-order valence-electron chi connectivity index (χ0n) is 19.9. The average Bonchev–Trinajstić information content (AvgIpc) is 3.43. The SMILES string of the molecule is CC[C@@H](C(=O)NC1CCCC1)N(Cc1ccccc1)C(=O)CCN1C(=O)c2ccccc2S1(=O)=O. The van der Waals surface area contributed by atoms with Gasteiger partial charge in [0.15, 0.2) is 0 Å². The Labute approximate surface area is 206 Å². The Morgan fingerprint density at radius 1 is 1.06 bits per heavy atom. The number of carbonyl (C=O) groups excluding carboxylic acids is 3. The first-order chi connectivity index (χ1) is 16.8. The molecule has 1 saturated carbocycles. The second-order valence-electron chi connectivity index (χ2n) is 9.05. The molecule has 0 radical (unpaired) electrons. The number of fused-ring (bicyclic) bond motifs is 1. The van der Waals surface area contributed by atoms with E-state index in [2.05, 4.69) is 5.32 Å². The molecule has 0 saturated heterocycles. The van der Waals surface area contributed by atoms with Crippen molar-refractivity contribution in [3.63, 3.8) is 0 Å². The van der Waals surface area contributed by atoms with E-state index in [9.17, 15) is 22.8 Å². The van der Waals surface area contributed by atoms with Crippen LogP contribution in [0, 0.1) is 0 Å². The van der Waals surface area contributed by atoms with Gasteiger partial charge in [-0.05, 0) is 37.0 Å². The maximum absolute atomic E-state index is 13.5. The van der Waals surface area contributed by atoms with Gasteiger partial charge in [0.25, 0.3) is 15.9 Å². The van der Waals surface area contributed by atoms with Crippen molar-refractivity contribution in [2.45, 2.75) is 69.0 Å². The largest absolute Gasteiger partial charge is 0.352 e. The van der Waals surface area contributed by atoms with Crippen molar-refractivity contribution in [2.24, 2.45) is 0 Å². The lowest BCUT2D eigenvalue weighted by Gasteiger charge is -2.32. The van der Waals surface area contributed by atoms with Crippen LogP contribution in [0.1, 0.15) is 61.4 Å². The number of sulfonamides is 1. The fourth-order valence-electron chi connectivity index (χ4n) is 4.86. The van der Waals surface area contributed by atoms with E-state index < -0.39 is 22.0 Å². The van der Waals surface area contributed by atoms with Gasteiger partial charge in [-0.3, -0.25) is 14.4 Å². The monoisotopic (exact) mass is 497 g/mol. The second-order valence-corrected chi connectivity index (χ2v) is 10.9. The molecule has 0 unspecified atom stereocenters. The van der Waals surface area contributed by atoms with Crippen LogP contribution in [0.5, 0.6) is 0 Å². The van der Waals surface area contributed by atoms with Crippen LogP contribution < -0.4 is 5.32 Å². The first kappa shape index (κ1) is 24.9. The van der Waals surface area contributed by atoms with Crippen molar-refractivity contribution in [2.75, 3.05) is 6.54 Å². The molecule has 2 aromatic rings. The van der Waals surface area contributed by atoms with Crippen molar-refractivity contribution >= 4 is 27.7 Å². The van der Waals surface area contributed by atoms with Crippen LogP contribution in [0.4, 0.5) is 0 Å². The van der Waals surface area contributed by atoms with E-state index in [-0.39, 0.29) is 47.8 Å². The summed E-state index contributed by atoms with van der Waals surface area (Å²) in [5.41, 5.74) is 0.980. The zero-order chi connectivity index (χ0) is 25.0. The van der Waals surface area contributed by atoms with Gasteiger partial charge in [0.2, 0.25) is 11.8 Å². The molecule has 1 aliphatic carbocycles. The van der Waals surface area contributed by atoms with Crippen molar-refractivity contribution in [1.29, 1.82) is 0 Å². The molecule has 0 aromatic heterocycles. The van der Waals surface area contributed by atoms with Crippen molar-refractivity contribution in [3.8, 4) is 0 Å². The Balaban J connectivity index is 1.52. The third kappa shape index (κ3) is 5.24. The highest BCUT2D eigenvalue weighted by molar-refractivity contribution is 7.90. The normalized spacial score (nSPS) is 17.7. The zero-order valence-corrected chi connectivity index (χ0v) is 20.7. The van der Waals surface area contributed by atoms with Crippen LogP contribution in [0.2, 0.25) is 0 Å². The maximum atomic E-state index is 13.5. The molecule has 0 spiro atoms. The fourth-order valence-corrected chi connectivity index (χ4v) is 6.43. The highest BCUT2D eigenvalue weighted by Gasteiger charge is 2.41. The van der Waals surface area contributed by atoms with Gasteiger partial charge in [0, 0.05) is 25.6 Å². The molecule has 3 amide bonds. The molecule has 186 valence electrons. The molecule has 8 nitrogen and oxygen atoms in total. The van der Waals surface area contributed by atoms with Gasteiger partial charge in [-0.2, -0.15) is 0 Å². The number of carbonyl (C=O) groups is 3. The summed E-state index contributed by atoms with van der Waals surface area (Å²) < 4.78 is 26.5. The number of amides is 3. The molecular formula is C26H31N3O5S. The van der Waals surface area contributed by atoms with Gasteiger partial charge in [-0.25, -0.2) is 12.7 Å². The predicted molar refractivity (Wildman–Crippen MR) is 131 cm³/mol. The quantitative estimate of drug-likeness (QED) is 0.573. The van der Waals surface area contributed by atoms with Gasteiger partial charge in [0.05, 0.1) is 5.56 Å². The molecule has 2 aromatic carbocycles. The second kappa shape index (κ2) is 10.6. The standard InChI is InChI=1S/C26H31N3O5S/c1-2-22(25(31)27-20-12-6-7-13-20)28(18-19-10-4-3-5-11-19)24(30)16-17-29-26(32)21-14-8-9-15-23(21)35(29,33)34/h3-5,8-11,14-15,20,22H,2,6-7,12-13,16-18H2,1H3,(H,27,31)/t22-/m0/s1. The number of nitrogens with one attached hydrogen (secondary N) is 1. The summed E-state index contributed by atoms with van der Waals surface area (Å²) in [5.74, 6) is -1.20. The topological polar surface area (TPSA) is 104 Å². The van der Waals surface area contributed by atoms with Crippen molar-refractivity contribution in [3.05, 3.63) is 65.7 Å². The summed E-state index contributed by atoms with van der Waals surface area (Å²) >= 11 is 0. The van der Waals surface area contributed by atoms with Gasteiger partial charge >= 0.3 is 0 Å². The van der Waals surface area contributed by atoms with Gasteiger partial charge in [0.1, 0.15) is 10.9 Å². The summed E-state index contributed by atoms with van der Waals surface area (Å²) in [6.07, 6.45) is 4.24. The minimum absolute atomic E-state index is 0.0408. The number of hydrogen-bond donors (Lipinski definition) is 1. The lowest BCUT2D eigenvalue weighted by atomic mass is 10.1. The number of rotatable bonds is 9. The summed E-state index contributed by atoms with van der Waals surface area (Å²) in [5, 5.41) is 3.09. The lowest BCUT2D eigenvalue weighted by molar-refractivity contribution is -0.141. The van der Waals surface area contributed by atoms with E-state index in [4.69, 9.17) is 0 Å². The van der Waals surface area contributed by atoms with Crippen molar-refractivity contribution < 1.29 is 22.8 Å². The molecule has 1 fully saturated rings. The Hall–Kier alpha value is -3.20. The van der Waals surface area contributed by atoms with Crippen LogP contribution >= 0.6 is 0 Å². The van der Waals surface area contributed by atoms with Crippen LogP contribution in [0.15, 0.2) is 59.5 Å². The van der Waals surface area contributed by atoms with Gasteiger partial charge < -0.3 is 10.2 Å². The van der Waals surface area contributed by atoms with E-state index in [0.717, 1.165) is 35.6 Å². The molecule has 1 N–H and O–H groups in total. The molecule has 9 heteroatoms. The Morgan fingerprint density at radius 3 is 2.37 bits per heavy atom. The van der Waals surface area contributed by atoms with Crippen LogP contribution in [-0.4, -0.2) is 54.0 Å². The maximum Gasteiger partial charge on any atom is 0.269 e. The van der Waals surface area contributed by atoms with Crippen LogP contribution in [0.25, 0.3) is 0 Å². The van der Waals surface area contributed by atoms with E-state index in [1.165, 1.54) is 17.0 Å². The van der Waals surface area contributed by atoms with E-state index in [0.29, 0.717) is 6.42 Å².